The maximum Gasteiger partial charge on any atom is 0.224 e. The fourth-order valence-electron chi connectivity index (χ4n) is 3.49. The smallest absolute Gasteiger partial charge is 0.224 e. The molecule has 1 unspecified atom stereocenters. The molecular weight excluding hydrogens is 362 g/mol. The van der Waals surface area contributed by atoms with Crippen molar-refractivity contribution in [2.45, 2.75) is 25.8 Å². The summed E-state index contributed by atoms with van der Waals surface area (Å²) >= 11 is 0. The van der Waals surface area contributed by atoms with Crippen LogP contribution in [0.25, 0.3) is 10.9 Å². The number of aromatic nitrogens is 3. The van der Waals surface area contributed by atoms with Crippen LogP contribution in [-0.4, -0.2) is 47.5 Å². The molecule has 1 aliphatic heterocycles. The lowest BCUT2D eigenvalue weighted by Gasteiger charge is -2.13. The first-order valence-corrected chi connectivity index (χ1v) is 10.9. The van der Waals surface area contributed by atoms with Gasteiger partial charge in [-0.25, -0.2) is 13.4 Å². The minimum absolute atomic E-state index is 0.0802. The molecule has 1 fully saturated rings. The van der Waals surface area contributed by atoms with Crippen LogP contribution in [-0.2, 0) is 16.3 Å². The second-order valence-electron chi connectivity index (χ2n) is 7.00. The van der Waals surface area contributed by atoms with Crippen LogP contribution in [0.2, 0.25) is 0 Å². The van der Waals surface area contributed by atoms with Crippen molar-refractivity contribution in [1.82, 2.24) is 15.0 Å². The second kappa shape index (κ2) is 7.19. The molecule has 1 aromatic carbocycles. The van der Waals surface area contributed by atoms with Gasteiger partial charge < -0.3 is 15.6 Å². The molecule has 0 saturated carbocycles. The lowest BCUT2D eigenvalue weighted by atomic mass is 10.1. The van der Waals surface area contributed by atoms with Crippen molar-refractivity contribution in [3.8, 4) is 0 Å². The van der Waals surface area contributed by atoms with Crippen molar-refractivity contribution in [2.75, 3.05) is 28.7 Å². The van der Waals surface area contributed by atoms with Crippen molar-refractivity contribution in [1.29, 1.82) is 0 Å². The van der Waals surface area contributed by atoms with Gasteiger partial charge in [-0.3, -0.25) is 0 Å². The van der Waals surface area contributed by atoms with E-state index in [9.17, 15) is 8.42 Å². The van der Waals surface area contributed by atoms with E-state index in [1.54, 1.807) is 0 Å². The van der Waals surface area contributed by atoms with E-state index in [4.69, 9.17) is 0 Å². The first kappa shape index (κ1) is 17.8. The summed E-state index contributed by atoms with van der Waals surface area (Å²) in [5.41, 5.74) is 3.22. The molecule has 0 aliphatic carbocycles. The zero-order valence-corrected chi connectivity index (χ0v) is 16.0. The van der Waals surface area contributed by atoms with Crippen LogP contribution in [0.4, 0.5) is 11.8 Å². The lowest BCUT2D eigenvalue weighted by Crippen LogP contribution is -2.22. The molecule has 27 heavy (non-hydrogen) atoms. The Labute approximate surface area is 158 Å². The van der Waals surface area contributed by atoms with E-state index in [1.807, 2.05) is 31.3 Å². The summed E-state index contributed by atoms with van der Waals surface area (Å²) < 4.78 is 23.2. The van der Waals surface area contributed by atoms with Gasteiger partial charge in [-0.05, 0) is 31.4 Å². The molecule has 2 aromatic heterocycles. The zero-order valence-electron chi connectivity index (χ0n) is 15.2. The molecule has 4 rings (SSSR count). The van der Waals surface area contributed by atoms with Gasteiger partial charge >= 0.3 is 0 Å². The first-order chi connectivity index (χ1) is 13.0. The third kappa shape index (κ3) is 4.21. The van der Waals surface area contributed by atoms with Gasteiger partial charge in [0.1, 0.15) is 5.82 Å². The van der Waals surface area contributed by atoms with Crippen LogP contribution in [0.1, 0.15) is 17.7 Å². The van der Waals surface area contributed by atoms with E-state index < -0.39 is 9.84 Å². The molecule has 3 aromatic rings. The topological polar surface area (TPSA) is 99.8 Å². The number of nitrogens with zero attached hydrogens (tertiary/aromatic N) is 2. The number of fused-ring (bicyclic) bond motifs is 1. The molecule has 1 aliphatic rings. The Balaban J connectivity index is 1.39. The Bertz CT molecular complexity index is 1060. The normalized spacial score (nSPS) is 18.6. The van der Waals surface area contributed by atoms with Gasteiger partial charge in [0.15, 0.2) is 9.84 Å². The fourth-order valence-corrected chi connectivity index (χ4v) is 5.16. The summed E-state index contributed by atoms with van der Waals surface area (Å²) in [6.07, 6.45) is 3.51. The van der Waals surface area contributed by atoms with Crippen LogP contribution in [0, 0.1) is 6.92 Å². The number of aromatic amines is 1. The van der Waals surface area contributed by atoms with Gasteiger partial charge in [0, 0.05) is 41.4 Å². The van der Waals surface area contributed by atoms with E-state index in [0.29, 0.717) is 24.7 Å². The highest BCUT2D eigenvalue weighted by molar-refractivity contribution is 7.91. The van der Waals surface area contributed by atoms with Gasteiger partial charge in [-0.15, -0.1) is 0 Å². The van der Waals surface area contributed by atoms with Crippen LogP contribution in [0.15, 0.2) is 36.5 Å². The minimum atomic E-state index is -2.92. The van der Waals surface area contributed by atoms with Crippen LogP contribution in [0.5, 0.6) is 0 Å². The van der Waals surface area contributed by atoms with E-state index in [0.717, 1.165) is 17.6 Å². The van der Waals surface area contributed by atoms with E-state index in [-0.39, 0.29) is 17.5 Å². The quantitative estimate of drug-likeness (QED) is 0.603. The van der Waals surface area contributed by atoms with Gasteiger partial charge in [0.2, 0.25) is 5.95 Å². The van der Waals surface area contributed by atoms with Crippen molar-refractivity contribution in [3.05, 3.63) is 47.8 Å². The van der Waals surface area contributed by atoms with Crippen molar-refractivity contribution in [3.63, 3.8) is 0 Å². The number of sulfone groups is 1. The van der Waals surface area contributed by atoms with Gasteiger partial charge in [0.25, 0.3) is 0 Å². The van der Waals surface area contributed by atoms with Crippen molar-refractivity contribution < 1.29 is 8.42 Å². The Morgan fingerprint density at radius 3 is 2.93 bits per heavy atom. The molecule has 3 N–H and O–H groups in total. The number of rotatable bonds is 6. The predicted octanol–water partition coefficient (Wildman–Crippen LogP) is 2.52. The number of hydrogen-bond donors (Lipinski definition) is 3. The first-order valence-electron chi connectivity index (χ1n) is 9.10. The summed E-state index contributed by atoms with van der Waals surface area (Å²) in [5.74, 6) is 1.63. The molecule has 8 heteroatoms. The van der Waals surface area contributed by atoms with Crippen LogP contribution < -0.4 is 10.6 Å². The standard InChI is InChI=1S/C19H23N5O2S/c1-13-10-18(23-15-7-9-27(25,26)12-15)24-19(22-13)20-8-6-14-11-21-17-5-3-2-4-16(14)17/h2-5,10-11,15,21H,6-9,12H2,1H3,(H2,20,22,23,24). The summed E-state index contributed by atoms with van der Waals surface area (Å²) in [6, 6.07) is 10.0. The Kier molecular flexibility index (Phi) is 4.73. The molecule has 7 nitrogen and oxygen atoms in total. The monoisotopic (exact) mass is 385 g/mol. The average Bonchev–Trinajstić information content (AvgIpc) is 3.17. The number of H-pyrrole nitrogens is 1. The zero-order chi connectivity index (χ0) is 18.9. The molecule has 0 bridgehead atoms. The van der Waals surface area contributed by atoms with Gasteiger partial charge in [0.05, 0.1) is 11.5 Å². The van der Waals surface area contributed by atoms with Crippen LogP contribution in [0.3, 0.4) is 0 Å². The van der Waals surface area contributed by atoms with Crippen LogP contribution >= 0.6 is 0 Å². The van der Waals surface area contributed by atoms with E-state index in [2.05, 4.69) is 37.7 Å². The largest absolute Gasteiger partial charge is 0.366 e. The number of hydrogen-bond acceptors (Lipinski definition) is 6. The average molecular weight is 385 g/mol. The molecule has 3 heterocycles. The molecular formula is C19H23N5O2S. The van der Waals surface area contributed by atoms with Crippen molar-refractivity contribution in [2.24, 2.45) is 0 Å². The maximum atomic E-state index is 11.6. The van der Waals surface area contributed by atoms with Crippen molar-refractivity contribution >= 4 is 32.5 Å². The van der Waals surface area contributed by atoms with Gasteiger partial charge in [-0.2, -0.15) is 4.98 Å². The Hall–Kier alpha value is -2.61. The molecule has 0 amide bonds. The SMILES string of the molecule is Cc1cc(NC2CCS(=O)(=O)C2)nc(NCCc2c[nH]c3ccccc23)n1. The number of aryl methyl sites for hydroxylation is 1. The third-order valence-corrected chi connectivity index (χ3v) is 6.56. The van der Waals surface area contributed by atoms with E-state index in [1.165, 1.54) is 10.9 Å². The Morgan fingerprint density at radius 2 is 2.11 bits per heavy atom. The minimum Gasteiger partial charge on any atom is -0.366 e. The molecule has 1 saturated heterocycles. The number of para-hydroxylation sites is 1. The second-order valence-corrected chi connectivity index (χ2v) is 9.23. The molecule has 142 valence electrons. The number of benzene rings is 1. The van der Waals surface area contributed by atoms with E-state index >= 15 is 0 Å². The lowest BCUT2D eigenvalue weighted by molar-refractivity contribution is 0.602. The highest BCUT2D eigenvalue weighted by Crippen LogP contribution is 2.19. The fraction of sp³-hybridized carbons (Fsp3) is 0.368. The molecule has 0 spiro atoms. The highest BCUT2D eigenvalue weighted by Gasteiger charge is 2.28. The molecule has 0 radical (unpaired) electrons. The third-order valence-electron chi connectivity index (χ3n) is 4.79. The highest BCUT2D eigenvalue weighted by atomic mass is 32.2. The number of nitrogens with one attached hydrogen (secondary N) is 3. The van der Waals surface area contributed by atoms with Gasteiger partial charge in [-0.1, -0.05) is 18.2 Å². The summed E-state index contributed by atoms with van der Waals surface area (Å²) in [5, 5.41) is 7.74. The molecule has 1 atom stereocenters. The predicted molar refractivity (Wildman–Crippen MR) is 108 cm³/mol. The summed E-state index contributed by atoms with van der Waals surface area (Å²) in [4.78, 5) is 12.2. The number of anilines is 2. The maximum absolute atomic E-state index is 11.6. The summed E-state index contributed by atoms with van der Waals surface area (Å²) in [6.45, 7) is 2.62. The summed E-state index contributed by atoms with van der Waals surface area (Å²) in [7, 11) is -2.92. The Morgan fingerprint density at radius 1 is 1.26 bits per heavy atom.